The van der Waals surface area contributed by atoms with Crippen LogP contribution in [0.4, 0.5) is 0 Å². The van der Waals surface area contributed by atoms with Crippen molar-refractivity contribution in [1.29, 1.82) is 0 Å². The highest BCUT2D eigenvalue weighted by Gasteiger charge is 2.11. The Morgan fingerprint density at radius 1 is 1.10 bits per heavy atom. The van der Waals surface area contributed by atoms with Crippen LogP contribution in [0.1, 0.15) is 10.6 Å². The van der Waals surface area contributed by atoms with Crippen LogP contribution in [0.5, 0.6) is 5.75 Å². The van der Waals surface area contributed by atoms with Crippen LogP contribution in [0.15, 0.2) is 53.1 Å². The SMILES string of the molecule is O=C(COC(=O)c1ccco1)NCCOc1ccccc1. The normalized spacial score (nSPS) is 9.90. The van der Waals surface area contributed by atoms with Crippen LogP contribution in [-0.4, -0.2) is 31.6 Å². The molecule has 0 bridgehead atoms. The third kappa shape index (κ3) is 5.02. The van der Waals surface area contributed by atoms with Crippen LogP contribution >= 0.6 is 0 Å². The van der Waals surface area contributed by atoms with E-state index >= 15 is 0 Å². The molecule has 0 saturated heterocycles. The molecule has 0 aliphatic heterocycles. The number of hydrogen-bond donors (Lipinski definition) is 1. The van der Waals surface area contributed by atoms with Gasteiger partial charge >= 0.3 is 5.97 Å². The molecule has 0 saturated carbocycles. The Morgan fingerprint density at radius 2 is 1.90 bits per heavy atom. The van der Waals surface area contributed by atoms with Crippen molar-refractivity contribution >= 4 is 11.9 Å². The fraction of sp³-hybridized carbons (Fsp3) is 0.200. The zero-order chi connectivity index (χ0) is 14.9. The van der Waals surface area contributed by atoms with Crippen LogP contribution < -0.4 is 10.1 Å². The Bertz CT molecular complexity index is 565. The zero-order valence-corrected chi connectivity index (χ0v) is 11.3. The maximum Gasteiger partial charge on any atom is 0.374 e. The van der Waals surface area contributed by atoms with Crippen molar-refractivity contribution < 1.29 is 23.5 Å². The molecule has 0 radical (unpaired) electrons. The minimum absolute atomic E-state index is 0.0650. The number of carbonyl (C=O) groups excluding carboxylic acids is 2. The predicted molar refractivity (Wildman–Crippen MR) is 73.9 cm³/mol. The molecule has 0 spiro atoms. The molecule has 21 heavy (non-hydrogen) atoms. The van der Waals surface area contributed by atoms with Gasteiger partial charge in [0.05, 0.1) is 12.8 Å². The van der Waals surface area contributed by atoms with Gasteiger partial charge in [-0.25, -0.2) is 4.79 Å². The van der Waals surface area contributed by atoms with Crippen molar-refractivity contribution in [3.63, 3.8) is 0 Å². The zero-order valence-electron chi connectivity index (χ0n) is 11.3. The molecule has 6 heteroatoms. The summed E-state index contributed by atoms with van der Waals surface area (Å²) >= 11 is 0. The van der Waals surface area contributed by atoms with Gasteiger partial charge in [0.1, 0.15) is 12.4 Å². The summed E-state index contributed by atoms with van der Waals surface area (Å²) in [5.41, 5.74) is 0. The molecule has 1 amide bonds. The molecule has 0 unspecified atom stereocenters. The van der Waals surface area contributed by atoms with Crippen LogP contribution in [0.3, 0.4) is 0 Å². The van der Waals surface area contributed by atoms with E-state index in [0.717, 1.165) is 5.75 Å². The number of hydrogen-bond acceptors (Lipinski definition) is 5. The Hall–Kier alpha value is -2.76. The number of esters is 1. The number of amides is 1. The summed E-state index contributed by atoms with van der Waals surface area (Å²) in [5, 5.41) is 2.58. The minimum atomic E-state index is -0.671. The summed E-state index contributed by atoms with van der Waals surface area (Å²) in [7, 11) is 0. The molecule has 1 aromatic heterocycles. The predicted octanol–water partition coefficient (Wildman–Crippen LogP) is 1.63. The van der Waals surface area contributed by atoms with Crippen LogP contribution in [0.25, 0.3) is 0 Å². The van der Waals surface area contributed by atoms with Gasteiger partial charge in [-0.15, -0.1) is 0 Å². The molecule has 0 atom stereocenters. The van der Waals surface area contributed by atoms with Crippen molar-refractivity contribution in [3.8, 4) is 5.75 Å². The monoisotopic (exact) mass is 289 g/mol. The van der Waals surface area contributed by atoms with Crippen molar-refractivity contribution in [2.75, 3.05) is 19.8 Å². The maximum atomic E-state index is 11.5. The first-order valence-electron chi connectivity index (χ1n) is 6.41. The highest BCUT2D eigenvalue weighted by Crippen LogP contribution is 2.07. The molecule has 0 fully saturated rings. The molecule has 2 rings (SSSR count). The van der Waals surface area contributed by atoms with E-state index in [1.165, 1.54) is 12.3 Å². The number of para-hydroxylation sites is 1. The molecule has 2 aromatic rings. The third-order valence-electron chi connectivity index (χ3n) is 2.49. The molecule has 110 valence electrons. The first-order valence-corrected chi connectivity index (χ1v) is 6.41. The van der Waals surface area contributed by atoms with Crippen LogP contribution in [0.2, 0.25) is 0 Å². The number of nitrogens with one attached hydrogen (secondary N) is 1. The molecular formula is C15H15NO5. The second kappa shape index (κ2) is 7.74. The van der Waals surface area contributed by atoms with Crippen molar-refractivity contribution in [1.82, 2.24) is 5.32 Å². The molecule has 0 aliphatic rings. The second-order valence-electron chi connectivity index (χ2n) is 4.06. The Kier molecular flexibility index (Phi) is 5.40. The maximum absolute atomic E-state index is 11.5. The quantitative estimate of drug-likeness (QED) is 0.619. The molecular weight excluding hydrogens is 274 g/mol. The van der Waals surface area contributed by atoms with E-state index < -0.39 is 11.9 Å². The second-order valence-corrected chi connectivity index (χ2v) is 4.06. The van der Waals surface area contributed by atoms with Crippen molar-refractivity contribution in [3.05, 3.63) is 54.5 Å². The van der Waals surface area contributed by atoms with Gasteiger partial charge in [-0.2, -0.15) is 0 Å². The number of ether oxygens (including phenoxy) is 2. The van der Waals surface area contributed by atoms with Gasteiger partial charge in [-0.1, -0.05) is 18.2 Å². The van der Waals surface area contributed by atoms with Gasteiger partial charge in [0.15, 0.2) is 6.61 Å². The van der Waals surface area contributed by atoms with E-state index in [2.05, 4.69) is 5.32 Å². The Labute approximate surface area is 121 Å². The molecule has 1 aromatic carbocycles. The lowest BCUT2D eigenvalue weighted by atomic mass is 10.3. The average molecular weight is 289 g/mol. The van der Waals surface area contributed by atoms with Gasteiger partial charge < -0.3 is 19.2 Å². The first kappa shape index (κ1) is 14.6. The van der Waals surface area contributed by atoms with Gasteiger partial charge in [0, 0.05) is 0 Å². The van der Waals surface area contributed by atoms with E-state index in [4.69, 9.17) is 13.9 Å². The number of furan rings is 1. The van der Waals surface area contributed by atoms with Gasteiger partial charge in [-0.05, 0) is 24.3 Å². The summed E-state index contributed by atoms with van der Waals surface area (Å²) in [6.07, 6.45) is 1.36. The molecule has 1 heterocycles. The topological polar surface area (TPSA) is 77.8 Å². The summed E-state index contributed by atoms with van der Waals surface area (Å²) in [5.74, 6) is -0.270. The number of benzene rings is 1. The standard InChI is InChI=1S/C15H15NO5/c17-14(11-21-15(18)13-7-4-9-20-13)16-8-10-19-12-5-2-1-3-6-12/h1-7,9H,8,10-11H2,(H,16,17). The van der Waals surface area contributed by atoms with Crippen LogP contribution in [-0.2, 0) is 9.53 Å². The lowest BCUT2D eigenvalue weighted by Gasteiger charge is -2.07. The lowest BCUT2D eigenvalue weighted by Crippen LogP contribution is -2.32. The molecule has 0 aliphatic carbocycles. The van der Waals surface area contributed by atoms with E-state index in [9.17, 15) is 9.59 Å². The summed E-state index contributed by atoms with van der Waals surface area (Å²) in [6, 6.07) is 12.3. The van der Waals surface area contributed by atoms with Gasteiger partial charge in [0.2, 0.25) is 5.76 Å². The fourth-order valence-electron chi connectivity index (χ4n) is 1.52. The highest BCUT2D eigenvalue weighted by molar-refractivity contribution is 5.88. The van der Waals surface area contributed by atoms with Gasteiger partial charge in [-0.3, -0.25) is 4.79 Å². The summed E-state index contributed by atoms with van der Waals surface area (Å²) in [4.78, 5) is 22.9. The number of carbonyl (C=O) groups is 2. The van der Waals surface area contributed by atoms with E-state index in [1.807, 2.05) is 30.3 Å². The van der Waals surface area contributed by atoms with Gasteiger partial charge in [0.25, 0.3) is 5.91 Å². The molecule has 1 N–H and O–H groups in total. The Morgan fingerprint density at radius 3 is 2.62 bits per heavy atom. The van der Waals surface area contributed by atoms with Crippen LogP contribution in [0, 0.1) is 0 Å². The minimum Gasteiger partial charge on any atom is -0.492 e. The van der Waals surface area contributed by atoms with Crippen molar-refractivity contribution in [2.24, 2.45) is 0 Å². The van der Waals surface area contributed by atoms with E-state index in [-0.39, 0.29) is 12.4 Å². The average Bonchev–Trinajstić information content (AvgIpc) is 3.05. The Balaban J connectivity index is 1.59. The highest BCUT2D eigenvalue weighted by atomic mass is 16.5. The molecule has 6 nitrogen and oxygen atoms in total. The smallest absolute Gasteiger partial charge is 0.374 e. The third-order valence-corrected chi connectivity index (χ3v) is 2.49. The van der Waals surface area contributed by atoms with E-state index in [0.29, 0.717) is 13.2 Å². The number of rotatable bonds is 7. The van der Waals surface area contributed by atoms with Crippen molar-refractivity contribution in [2.45, 2.75) is 0 Å². The fourth-order valence-corrected chi connectivity index (χ4v) is 1.52. The largest absolute Gasteiger partial charge is 0.492 e. The lowest BCUT2D eigenvalue weighted by molar-refractivity contribution is -0.124. The summed E-state index contributed by atoms with van der Waals surface area (Å²) in [6.45, 7) is 0.304. The summed E-state index contributed by atoms with van der Waals surface area (Å²) < 4.78 is 15.0. The van der Waals surface area contributed by atoms with E-state index in [1.54, 1.807) is 6.07 Å². The first-order chi connectivity index (χ1) is 10.3.